The van der Waals surface area contributed by atoms with Gasteiger partial charge >= 0.3 is 0 Å². The number of carbonyl (C=O) groups excluding carboxylic acids is 1. The van der Waals surface area contributed by atoms with E-state index >= 15 is 0 Å². The monoisotopic (exact) mass is 379 g/mol. The molecule has 27 heavy (non-hydrogen) atoms. The molecule has 0 aliphatic carbocycles. The van der Waals surface area contributed by atoms with Gasteiger partial charge in [-0.15, -0.1) is 0 Å². The predicted octanol–water partition coefficient (Wildman–Crippen LogP) is 5.79. The van der Waals surface area contributed by atoms with E-state index in [-0.39, 0.29) is 5.91 Å². The maximum absolute atomic E-state index is 12.4. The molecule has 3 rings (SSSR count). The minimum atomic E-state index is -0.305. The number of ether oxygens (including phenoxy) is 2. The normalized spacial score (nSPS) is 10.6. The molecule has 5 heteroatoms. The third-order valence-corrected chi connectivity index (χ3v) is 3.96. The lowest BCUT2D eigenvalue weighted by Crippen LogP contribution is -2.08. The van der Waals surface area contributed by atoms with E-state index in [0.717, 1.165) is 5.56 Å². The predicted molar refractivity (Wildman–Crippen MR) is 109 cm³/mol. The lowest BCUT2D eigenvalue weighted by molar-refractivity contribution is -0.111. The molecule has 0 aliphatic heterocycles. The molecule has 0 radical (unpaired) electrons. The molecular weight excluding hydrogens is 362 g/mol. The second-order valence-corrected chi connectivity index (χ2v) is 6.06. The van der Waals surface area contributed by atoms with E-state index in [0.29, 0.717) is 28.0 Å². The molecule has 0 heterocycles. The highest BCUT2D eigenvalue weighted by atomic mass is 35.5. The first-order chi connectivity index (χ1) is 13.2. The summed E-state index contributed by atoms with van der Waals surface area (Å²) >= 11 is 6.07. The highest BCUT2D eigenvalue weighted by Crippen LogP contribution is 2.32. The van der Waals surface area contributed by atoms with Gasteiger partial charge in [-0.1, -0.05) is 48.0 Å². The zero-order chi connectivity index (χ0) is 19.1. The van der Waals surface area contributed by atoms with E-state index < -0.39 is 0 Å². The highest BCUT2D eigenvalue weighted by molar-refractivity contribution is 6.31. The van der Waals surface area contributed by atoms with Crippen LogP contribution in [0.2, 0.25) is 5.02 Å². The third-order valence-electron chi connectivity index (χ3n) is 3.72. The van der Waals surface area contributed by atoms with E-state index in [9.17, 15) is 4.79 Å². The quantitative estimate of drug-likeness (QED) is 0.551. The number of carbonyl (C=O) groups is 1. The minimum Gasteiger partial charge on any atom is -0.496 e. The van der Waals surface area contributed by atoms with Gasteiger partial charge in [-0.3, -0.25) is 4.79 Å². The summed E-state index contributed by atoms with van der Waals surface area (Å²) in [6, 6.07) is 21.8. The van der Waals surface area contributed by atoms with E-state index in [1.165, 1.54) is 6.08 Å². The number of para-hydroxylation sites is 2. The van der Waals surface area contributed by atoms with Crippen LogP contribution in [0.1, 0.15) is 5.56 Å². The molecule has 4 nitrogen and oxygen atoms in total. The molecule has 0 atom stereocenters. The minimum absolute atomic E-state index is 0.305. The SMILES string of the molecule is COc1ccccc1/C=C/C(=O)Nc1cc(Cl)ccc1Oc1ccccc1. The molecule has 3 aromatic carbocycles. The number of amides is 1. The average Bonchev–Trinajstić information content (AvgIpc) is 2.69. The first kappa shape index (κ1) is 18.5. The zero-order valence-corrected chi connectivity index (χ0v) is 15.4. The number of hydrogen-bond donors (Lipinski definition) is 1. The molecule has 1 amide bonds. The second-order valence-electron chi connectivity index (χ2n) is 5.62. The molecule has 1 N–H and O–H groups in total. The fourth-order valence-corrected chi connectivity index (χ4v) is 2.62. The summed E-state index contributed by atoms with van der Waals surface area (Å²) in [5, 5.41) is 3.30. The Labute approximate surface area is 163 Å². The van der Waals surface area contributed by atoms with Crippen molar-refractivity contribution in [2.24, 2.45) is 0 Å². The molecule has 0 aromatic heterocycles. The number of methoxy groups -OCH3 is 1. The highest BCUT2D eigenvalue weighted by Gasteiger charge is 2.09. The van der Waals surface area contributed by atoms with Crippen molar-refractivity contribution in [1.82, 2.24) is 0 Å². The van der Waals surface area contributed by atoms with Crippen LogP contribution in [0, 0.1) is 0 Å². The van der Waals surface area contributed by atoms with Crippen LogP contribution in [0.4, 0.5) is 5.69 Å². The number of rotatable bonds is 6. The summed E-state index contributed by atoms with van der Waals surface area (Å²) in [5.41, 5.74) is 1.29. The smallest absolute Gasteiger partial charge is 0.248 e. The molecule has 0 bridgehead atoms. The van der Waals surface area contributed by atoms with Crippen molar-refractivity contribution in [1.29, 1.82) is 0 Å². The maximum Gasteiger partial charge on any atom is 0.248 e. The molecule has 0 aliphatic rings. The van der Waals surface area contributed by atoms with Crippen LogP contribution in [0.15, 0.2) is 78.9 Å². The molecular formula is C22H18ClNO3. The summed E-state index contributed by atoms with van der Waals surface area (Å²) in [5.74, 6) is 1.56. The van der Waals surface area contributed by atoms with Gasteiger partial charge in [0.2, 0.25) is 5.91 Å². The van der Waals surface area contributed by atoms with E-state index in [2.05, 4.69) is 5.32 Å². The summed E-state index contributed by atoms with van der Waals surface area (Å²) < 4.78 is 11.1. The van der Waals surface area contributed by atoms with Crippen LogP contribution in [0.5, 0.6) is 17.2 Å². The summed E-state index contributed by atoms with van der Waals surface area (Å²) in [6.45, 7) is 0. The Morgan fingerprint density at radius 2 is 1.70 bits per heavy atom. The van der Waals surface area contributed by atoms with Crippen molar-refractivity contribution in [3.63, 3.8) is 0 Å². The maximum atomic E-state index is 12.4. The lowest BCUT2D eigenvalue weighted by Gasteiger charge is -2.12. The average molecular weight is 380 g/mol. The van der Waals surface area contributed by atoms with Crippen molar-refractivity contribution >= 4 is 29.3 Å². The van der Waals surface area contributed by atoms with Gasteiger partial charge in [0, 0.05) is 16.7 Å². The van der Waals surface area contributed by atoms with Crippen molar-refractivity contribution in [2.45, 2.75) is 0 Å². The Bertz CT molecular complexity index is 955. The van der Waals surface area contributed by atoms with Gasteiger partial charge in [0.25, 0.3) is 0 Å². The summed E-state index contributed by atoms with van der Waals surface area (Å²) in [6.07, 6.45) is 3.13. The molecule has 0 fully saturated rings. The zero-order valence-electron chi connectivity index (χ0n) is 14.7. The lowest BCUT2D eigenvalue weighted by atomic mass is 10.2. The largest absolute Gasteiger partial charge is 0.496 e. The molecule has 136 valence electrons. The number of benzene rings is 3. The molecule has 0 unspecified atom stereocenters. The van der Waals surface area contributed by atoms with Crippen LogP contribution in [-0.2, 0) is 4.79 Å². The van der Waals surface area contributed by atoms with E-state index in [4.69, 9.17) is 21.1 Å². The fourth-order valence-electron chi connectivity index (χ4n) is 2.45. The number of anilines is 1. The van der Waals surface area contributed by atoms with E-state index in [1.54, 1.807) is 31.4 Å². The second kappa shape index (κ2) is 8.92. The van der Waals surface area contributed by atoms with Gasteiger partial charge in [-0.05, 0) is 42.5 Å². The van der Waals surface area contributed by atoms with Gasteiger partial charge in [-0.2, -0.15) is 0 Å². The van der Waals surface area contributed by atoms with Crippen LogP contribution in [0.25, 0.3) is 6.08 Å². The van der Waals surface area contributed by atoms with Crippen LogP contribution in [-0.4, -0.2) is 13.0 Å². The van der Waals surface area contributed by atoms with Crippen molar-refractivity contribution in [3.8, 4) is 17.2 Å². The Morgan fingerprint density at radius 3 is 2.48 bits per heavy atom. The van der Waals surface area contributed by atoms with Crippen molar-refractivity contribution < 1.29 is 14.3 Å². The van der Waals surface area contributed by atoms with Crippen molar-refractivity contribution in [2.75, 3.05) is 12.4 Å². The molecule has 3 aromatic rings. The molecule has 0 saturated carbocycles. The first-order valence-electron chi connectivity index (χ1n) is 8.30. The first-order valence-corrected chi connectivity index (χ1v) is 8.68. The van der Waals surface area contributed by atoms with Crippen LogP contribution in [0.3, 0.4) is 0 Å². The van der Waals surface area contributed by atoms with Crippen molar-refractivity contribution in [3.05, 3.63) is 89.5 Å². The Morgan fingerprint density at radius 1 is 0.963 bits per heavy atom. The Kier molecular flexibility index (Phi) is 6.13. The topological polar surface area (TPSA) is 47.6 Å². The standard InChI is InChI=1S/C22H18ClNO3/c1-26-20-10-6-5-7-16(20)11-14-22(25)24-19-15-17(23)12-13-21(19)27-18-8-3-2-4-9-18/h2-15H,1H3,(H,24,25)/b14-11+. The van der Waals surface area contributed by atoms with Crippen LogP contribution < -0.4 is 14.8 Å². The third kappa shape index (κ3) is 5.12. The fraction of sp³-hybridized carbons (Fsp3) is 0.0455. The molecule has 0 saturated heterocycles. The van der Waals surface area contributed by atoms with Gasteiger partial charge in [0.1, 0.15) is 11.5 Å². The van der Waals surface area contributed by atoms with Crippen LogP contribution >= 0.6 is 11.6 Å². The Balaban J connectivity index is 1.77. The van der Waals surface area contributed by atoms with Gasteiger partial charge in [-0.25, -0.2) is 0 Å². The van der Waals surface area contributed by atoms with Gasteiger partial charge < -0.3 is 14.8 Å². The van der Waals surface area contributed by atoms with Gasteiger partial charge in [0.05, 0.1) is 12.8 Å². The number of hydrogen-bond acceptors (Lipinski definition) is 3. The number of halogens is 1. The van der Waals surface area contributed by atoms with Gasteiger partial charge in [0.15, 0.2) is 5.75 Å². The molecule has 0 spiro atoms. The number of nitrogens with one attached hydrogen (secondary N) is 1. The van der Waals surface area contributed by atoms with E-state index in [1.807, 2.05) is 54.6 Å². The summed E-state index contributed by atoms with van der Waals surface area (Å²) in [7, 11) is 1.59. The summed E-state index contributed by atoms with van der Waals surface area (Å²) in [4.78, 5) is 12.4. The Hall–Kier alpha value is -3.24.